The molecule has 1 amide bonds. The van der Waals surface area contributed by atoms with E-state index in [1.165, 1.54) is 0 Å². The van der Waals surface area contributed by atoms with Crippen molar-refractivity contribution >= 4 is 28.6 Å². The summed E-state index contributed by atoms with van der Waals surface area (Å²) in [6.45, 7) is 3.20. The smallest absolute Gasteiger partial charge is 0.242 e. The minimum atomic E-state index is 0.114. The first-order valence-corrected chi connectivity index (χ1v) is 10.3. The molecular formula is C23H23N7O. The van der Waals surface area contributed by atoms with Crippen LogP contribution in [0.4, 0.5) is 11.6 Å². The number of rotatable bonds is 4. The van der Waals surface area contributed by atoms with E-state index in [1.807, 2.05) is 46.0 Å². The standard InChI is InChI=1S/C23H23N7O/c24-23-26-14-18(15-27-23)19-5-1-2-6-20(19)28-10-12-29(13-11-28)21(31)16-30-9-7-17-4-3-8-25-22(17)30/h1-9,14-15H,10-13,16H2,(H2,24,26,27). The summed E-state index contributed by atoms with van der Waals surface area (Å²) < 4.78 is 1.92. The number of hydrogen-bond donors (Lipinski definition) is 1. The zero-order valence-electron chi connectivity index (χ0n) is 17.1. The molecule has 4 heterocycles. The Morgan fingerprint density at radius 3 is 2.52 bits per heavy atom. The number of anilines is 2. The molecular weight excluding hydrogens is 390 g/mol. The van der Waals surface area contributed by atoms with Crippen molar-refractivity contribution in [3.8, 4) is 11.1 Å². The molecule has 0 unspecified atom stereocenters. The van der Waals surface area contributed by atoms with Crippen molar-refractivity contribution in [2.75, 3.05) is 36.8 Å². The number of carbonyl (C=O) groups is 1. The van der Waals surface area contributed by atoms with E-state index in [2.05, 4.69) is 32.0 Å². The van der Waals surface area contributed by atoms with Crippen molar-refractivity contribution in [3.63, 3.8) is 0 Å². The maximum atomic E-state index is 12.9. The van der Waals surface area contributed by atoms with Gasteiger partial charge in [-0.25, -0.2) is 15.0 Å². The Labute approximate surface area is 180 Å². The average molecular weight is 413 g/mol. The number of nitrogens with zero attached hydrogens (tertiary/aromatic N) is 6. The van der Waals surface area contributed by atoms with E-state index >= 15 is 0 Å². The molecule has 1 saturated heterocycles. The van der Waals surface area contributed by atoms with E-state index < -0.39 is 0 Å². The molecule has 0 spiro atoms. The molecule has 0 bridgehead atoms. The van der Waals surface area contributed by atoms with Crippen LogP contribution in [0.3, 0.4) is 0 Å². The third-order valence-electron chi connectivity index (χ3n) is 5.69. The minimum Gasteiger partial charge on any atom is -0.368 e. The van der Waals surface area contributed by atoms with Crippen molar-refractivity contribution in [1.29, 1.82) is 0 Å². The maximum Gasteiger partial charge on any atom is 0.242 e. The molecule has 5 rings (SSSR count). The summed E-state index contributed by atoms with van der Waals surface area (Å²) in [6.07, 6.45) is 7.18. The van der Waals surface area contributed by atoms with Gasteiger partial charge >= 0.3 is 0 Å². The zero-order valence-corrected chi connectivity index (χ0v) is 17.1. The molecule has 0 radical (unpaired) electrons. The minimum absolute atomic E-state index is 0.114. The summed E-state index contributed by atoms with van der Waals surface area (Å²) in [4.78, 5) is 29.8. The van der Waals surface area contributed by atoms with Gasteiger partial charge in [-0.15, -0.1) is 0 Å². The summed E-state index contributed by atoms with van der Waals surface area (Å²) >= 11 is 0. The lowest BCUT2D eigenvalue weighted by atomic mass is 10.1. The Hall–Kier alpha value is -3.94. The molecule has 3 aromatic heterocycles. The quantitative estimate of drug-likeness (QED) is 0.552. The Bertz CT molecular complexity index is 1210. The van der Waals surface area contributed by atoms with Crippen LogP contribution < -0.4 is 10.6 Å². The van der Waals surface area contributed by atoms with Crippen LogP contribution in [-0.4, -0.2) is 56.5 Å². The molecule has 31 heavy (non-hydrogen) atoms. The lowest BCUT2D eigenvalue weighted by Gasteiger charge is -2.37. The topological polar surface area (TPSA) is 93.2 Å². The number of hydrogen-bond acceptors (Lipinski definition) is 6. The SMILES string of the molecule is Nc1ncc(-c2ccccc2N2CCN(C(=O)Cn3ccc4cccnc43)CC2)cn1. The fourth-order valence-electron chi connectivity index (χ4n) is 4.06. The van der Waals surface area contributed by atoms with Gasteiger partial charge in [0.05, 0.1) is 0 Å². The van der Waals surface area contributed by atoms with Crippen LogP contribution in [-0.2, 0) is 11.3 Å². The third-order valence-corrected chi connectivity index (χ3v) is 5.69. The van der Waals surface area contributed by atoms with E-state index in [0.29, 0.717) is 19.6 Å². The summed E-state index contributed by atoms with van der Waals surface area (Å²) in [6, 6.07) is 14.1. The molecule has 2 N–H and O–H groups in total. The summed E-state index contributed by atoms with van der Waals surface area (Å²) in [7, 11) is 0. The van der Waals surface area contributed by atoms with Gasteiger partial charge in [-0.1, -0.05) is 18.2 Å². The summed E-state index contributed by atoms with van der Waals surface area (Å²) in [5.41, 5.74) is 9.58. The van der Waals surface area contributed by atoms with E-state index in [1.54, 1.807) is 18.6 Å². The first-order chi connectivity index (χ1) is 15.2. The average Bonchev–Trinajstić information content (AvgIpc) is 3.22. The second-order valence-corrected chi connectivity index (χ2v) is 7.57. The van der Waals surface area contributed by atoms with E-state index in [0.717, 1.165) is 40.9 Å². The first-order valence-electron chi connectivity index (χ1n) is 10.3. The molecule has 8 nitrogen and oxygen atoms in total. The summed E-state index contributed by atoms with van der Waals surface area (Å²) in [5.74, 6) is 0.377. The number of benzene rings is 1. The van der Waals surface area contributed by atoms with Crippen molar-refractivity contribution < 1.29 is 4.79 Å². The van der Waals surface area contributed by atoms with Crippen LogP contribution in [0.5, 0.6) is 0 Å². The normalized spacial score (nSPS) is 14.2. The maximum absolute atomic E-state index is 12.9. The number of amides is 1. The Balaban J connectivity index is 1.28. The van der Waals surface area contributed by atoms with Crippen LogP contribution >= 0.6 is 0 Å². The molecule has 4 aromatic rings. The van der Waals surface area contributed by atoms with Gasteiger partial charge in [0, 0.05) is 73.2 Å². The van der Waals surface area contributed by atoms with Crippen LogP contribution in [0.1, 0.15) is 0 Å². The molecule has 1 fully saturated rings. The third kappa shape index (κ3) is 3.79. The molecule has 156 valence electrons. The number of pyridine rings is 1. The van der Waals surface area contributed by atoms with Gasteiger partial charge in [0.2, 0.25) is 11.9 Å². The number of nitrogen functional groups attached to an aromatic ring is 1. The predicted octanol–water partition coefficient (Wildman–Crippen LogP) is 2.42. The number of carbonyl (C=O) groups excluding carboxylic acids is 1. The lowest BCUT2D eigenvalue weighted by Crippen LogP contribution is -2.49. The first kappa shape index (κ1) is 19.0. The largest absolute Gasteiger partial charge is 0.368 e. The highest BCUT2D eigenvalue weighted by Crippen LogP contribution is 2.30. The van der Waals surface area contributed by atoms with Crippen molar-refractivity contribution in [2.24, 2.45) is 0 Å². The number of aromatic nitrogens is 4. The van der Waals surface area contributed by atoms with Gasteiger partial charge in [0.1, 0.15) is 12.2 Å². The fourth-order valence-corrected chi connectivity index (χ4v) is 4.06. The van der Waals surface area contributed by atoms with Gasteiger partial charge in [0.25, 0.3) is 0 Å². The highest BCUT2D eigenvalue weighted by Gasteiger charge is 2.23. The van der Waals surface area contributed by atoms with Gasteiger partial charge in [-0.2, -0.15) is 0 Å². The molecule has 1 aromatic carbocycles. The van der Waals surface area contributed by atoms with Gasteiger partial charge in [0.15, 0.2) is 0 Å². The number of fused-ring (bicyclic) bond motifs is 1. The Morgan fingerprint density at radius 1 is 0.935 bits per heavy atom. The number of piperazine rings is 1. The highest BCUT2D eigenvalue weighted by molar-refractivity contribution is 5.82. The molecule has 1 aliphatic heterocycles. The van der Waals surface area contributed by atoms with E-state index in [-0.39, 0.29) is 11.9 Å². The predicted molar refractivity (Wildman–Crippen MR) is 120 cm³/mol. The second kappa shape index (κ2) is 8.06. The molecule has 8 heteroatoms. The fraction of sp³-hybridized carbons (Fsp3) is 0.217. The van der Waals surface area contributed by atoms with Crippen LogP contribution in [0.2, 0.25) is 0 Å². The van der Waals surface area contributed by atoms with Crippen molar-refractivity contribution in [1.82, 2.24) is 24.4 Å². The lowest BCUT2D eigenvalue weighted by molar-refractivity contribution is -0.132. The van der Waals surface area contributed by atoms with Gasteiger partial charge in [-0.05, 0) is 24.3 Å². The molecule has 0 aliphatic carbocycles. The van der Waals surface area contributed by atoms with Gasteiger partial charge in [-0.3, -0.25) is 4.79 Å². The van der Waals surface area contributed by atoms with Crippen molar-refractivity contribution in [2.45, 2.75) is 6.54 Å². The molecule has 1 aliphatic rings. The van der Waals surface area contributed by atoms with Crippen LogP contribution in [0.15, 0.2) is 67.3 Å². The van der Waals surface area contributed by atoms with Crippen LogP contribution in [0.25, 0.3) is 22.2 Å². The number of nitrogens with two attached hydrogens (primary N) is 1. The van der Waals surface area contributed by atoms with E-state index in [4.69, 9.17) is 5.73 Å². The Morgan fingerprint density at radius 2 is 1.71 bits per heavy atom. The second-order valence-electron chi connectivity index (χ2n) is 7.57. The summed E-state index contributed by atoms with van der Waals surface area (Å²) in [5, 5.41) is 1.04. The molecule has 0 atom stereocenters. The highest BCUT2D eigenvalue weighted by atomic mass is 16.2. The Kier molecular flexibility index (Phi) is 4.95. The van der Waals surface area contributed by atoms with Crippen molar-refractivity contribution in [3.05, 3.63) is 67.3 Å². The van der Waals surface area contributed by atoms with E-state index in [9.17, 15) is 4.79 Å². The van der Waals surface area contributed by atoms with Crippen LogP contribution in [0, 0.1) is 0 Å². The zero-order chi connectivity index (χ0) is 21.2. The van der Waals surface area contributed by atoms with Gasteiger partial charge < -0.3 is 20.1 Å². The molecule has 0 saturated carbocycles. The number of para-hydroxylation sites is 1. The monoisotopic (exact) mass is 413 g/mol.